The van der Waals surface area contributed by atoms with E-state index < -0.39 is 0 Å². The molecule has 8 heteroatoms. The van der Waals surface area contributed by atoms with Crippen LogP contribution in [0, 0.1) is 17.2 Å². The normalized spacial score (nSPS) is 15.6. The first-order valence-electron chi connectivity index (χ1n) is 9.79. The van der Waals surface area contributed by atoms with Crippen LogP contribution in [-0.2, 0) is 4.74 Å². The number of carbonyl (C=O) groups is 1. The molecule has 1 amide bonds. The third-order valence-corrected chi connectivity index (χ3v) is 5.20. The van der Waals surface area contributed by atoms with Crippen molar-refractivity contribution >= 4 is 5.91 Å². The van der Waals surface area contributed by atoms with Crippen LogP contribution in [0.2, 0.25) is 0 Å². The molecule has 0 radical (unpaired) electrons. The molecule has 2 N–H and O–H groups in total. The van der Waals surface area contributed by atoms with Crippen LogP contribution in [0.1, 0.15) is 28.8 Å². The van der Waals surface area contributed by atoms with Gasteiger partial charge in [0.05, 0.1) is 22.8 Å². The van der Waals surface area contributed by atoms with Crippen molar-refractivity contribution in [1.29, 1.82) is 5.26 Å². The molecule has 0 aliphatic carbocycles. The Labute approximate surface area is 173 Å². The van der Waals surface area contributed by atoms with Gasteiger partial charge in [0, 0.05) is 32.2 Å². The maximum absolute atomic E-state index is 12.7. The molecule has 3 aromatic rings. The van der Waals surface area contributed by atoms with Gasteiger partial charge in [0.1, 0.15) is 0 Å². The number of nitrogens with zero attached hydrogens (tertiary/aromatic N) is 3. The Kier molecular flexibility index (Phi) is 5.72. The summed E-state index contributed by atoms with van der Waals surface area (Å²) in [5.74, 6) is 0.709. The first-order chi connectivity index (χ1) is 14.7. The van der Waals surface area contributed by atoms with Gasteiger partial charge in [-0.2, -0.15) is 5.26 Å². The second kappa shape index (κ2) is 8.76. The van der Waals surface area contributed by atoms with E-state index >= 15 is 0 Å². The van der Waals surface area contributed by atoms with Gasteiger partial charge in [0.2, 0.25) is 0 Å². The number of nitrogens with one attached hydrogen (secondary N) is 2. The van der Waals surface area contributed by atoms with Gasteiger partial charge in [-0.25, -0.2) is 9.67 Å². The molecule has 1 aromatic carbocycles. The molecule has 1 fully saturated rings. The number of carbonyl (C=O) groups excluding carboxylic acids is 1. The standard InChI is InChI=1S/C22H21N5O3/c23-11-15-1-3-17(4-2-15)19-13-26-27(22(19)29)20-6-5-18(12-25-20)21(28)24-9-7-16-8-10-30-14-16/h1-6,12-13,16,26H,7-10,14H2,(H,24,28). The van der Waals surface area contributed by atoms with Crippen LogP contribution in [0.25, 0.3) is 16.9 Å². The van der Waals surface area contributed by atoms with E-state index in [2.05, 4.69) is 21.5 Å². The van der Waals surface area contributed by atoms with Crippen molar-refractivity contribution in [3.8, 4) is 23.0 Å². The highest BCUT2D eigenvalue weighted by Crippen LogP contribution is 2.17. The number of benzene rings is 1. The smallest absolute Gasteiger partial charge is 0.280 e. The zero-order valence-electron chi connectivity index (χ0n) is 16.3. The molecule has 0 bridgehead atoms. The van der Waals surface area contributed by atoms with E-state index in [1.54, 1.807) is 42.6 Å². The topological polar surface area (TPSA) is 113 Å². The highest BCUT2D eigenvalue weighted by molar-refractivity contribution is 5.93. The Morgan fingerprint density at radius 1 is 1.30 bits per heavy atom. The molecule has 1 aliphatic heterocycles. The van der Waals surface area contributed by atoms with Gasteiger partial charge in [-0.05, 0) is 48.6 Å². The minimum absolute atomic E-state index is 0.190. The highest BCUT2D eigenvalue weighted by Gasteiger charge is 2.16. The van der Waals surface area contributed by atoms with Crippen LogP contribution >= 0.6 is 0 Å². The average Bonchev–Trinajstić information content (AvgIpc) is 3.44. The van der Waals surface area contributed by atoms with Crippen molar-refractivity contribution in [3.05, 3.63) is 70.3 Å². The lowest BCUT2D eigenvalue weighted by Crippen LogP contribution is -2.26. The summed E-state index contributed by atoms with van der Waals surface area (Å²) < 4.78 is 6.65. The summed E-state index contributed by atoms with van der Waals surface area (Å²) >= 11 is 0. The minimum Gasteiger partial charge on any atom is -0.381 e. The number of aromatic nitrogens is 3. The highest BCUT2D eigenvalue weighted by atomic mass is 16.5. The second-order valence-electron chi connectivity index (χ2n) is 7.20. The predicted molar refractivity (Wildman–Crippen MR) is 110 cm³/mol. The van der Waals surface area contributed by atoms with Crippen LogP contribution in [-0.4, -0.2) is 40.4 Å². The third-order valence-electron chi connectivity index (χ3n) is 5.20. The second-order valence-corrected chi connectivity index (χ2v) is 7.20. The summed E-state index contributed by atoms with van der Waals surface area (Å²) in [6, 6.07) is 12.1. The van der Waals surface area contributed by atoms with Crippen molar-refractivity contribution in [1.82, 2.24) is 20.1 Å². The summed E-state index contributed by atoms with van der Waals surface area (Å²) in [7, 11) is 0. The van der Waals surface area contributed by atoms with Crippen LogP contribution in [0.5, 0.6) is 0 Å². The quantitative estimate of drug-likeness (QED) is 0.655. The van der Waals surface area contributed by atoms with Crippen molar-refractivity contribution in [3.63, 3.8) is 0 Å². The van der Waals surface area contributed by atoms with Crippen molar-refractivity contribution in [2.45, 2.75) is 12.8 Å². The van der Waals surface area contributed by atoms with Gasteiger partial charge < -0.3 is 10.1 Å². The predicted octanol–water partition coefficient (Wildman–Crippen LogP) is 2.26. The zero-order valence-corrected chi connectivity index (χ0v) is 16.3. The van der Waals surface area contributed by atoms with Gasteiger partial charge in [-0.1, -0.05) is 12.1 Å². The Morgan fingerprint density at radius 3 is 2.80 bits per heavy atom. The molecule has 1 aliphatic rings. The first-order valence-corrected chi connectivity index (χ1v) is 9.79. The molecule has 152 valence electrons. The van der Waals surface area contributed by atoms with E-state index in [-0.39, 0.29) is 11.5 Å². The summed E-state index contributed by atoms with van der Waals surface area (Å²) in [4.78, 5) is 29.3. The molecule has 4 rings (SSSR count). The van der Waals surface area contributed by atoms with Crippen LogP contribution in [0.3, 0.4) is 0 Å². The van der Waals surface area contributed by atoms with E-state index in [4.69, 9.17) is 10.00 Å². The maximum atomic E-state index is 12.7. The molecular formula is C22H21N5O3. The Morgan fingerprint density at radius 2 is 2.13 bits per heavy atom. The van der Waals surface area contributed by atoms with Crippen LogP contribution in [0.15, 0.2) is 53.6 Å². The summed E-state index contributed by atoms with van der Waals surface area (Å²) in [5.41, 5.74) is 1.88. The van der Waals surface area contributed by atoms with E-state index in [0.29, 0.717) is 40.5 Å². The van der Waals surface area contributed by atoms with Gasteiger partial charge in [0.25, 0.3) is 11.5 Å². The number of nitriles is 1. The number of pyridine rings is 1. The number of ether oxygens (including phenoxy) is 1. The largest absolute Gasteiger partial charge is 0.381 e. The fourth-order valence-corrected chi connectivity index (χ4v) is 3.43. The molecule has 30 heavy (non-hydrogen) atoms. The molecule has 3 heterocycles. The molecule has 2 aromatic heterocycles. The fraction of sp³-hybridized carbons (Fsp3) is 0.273. The number of aromatic amines is 1. The molecule has 1 unspecified atom stereocenters. The molecule has 0 spiro atoms. The summed E-state index contributed by atoms with van der Waals surface area (Å²) in [6.07, 6.45) is 4.99. The lowest BCUT2D eigenvalue weighted by molar-refractivity contribution is 0.0950. The number of amides is 1. The van der Waals surface area contributed by atoms with E-state index in [0.717, 1.165) is 26.1 Å². The molecule has 1 saturated heterocycles. The van der Waals surface area contributed by atoms with Crippen molar-refractivity contribution in [2.75, 3.05) is 19.8 Å². The number of hydrogen-bond donors (Lipinski definition) is 2. The number of hydrogen-bond acceptors (Lipinski definition) is 5. The summed E-state index contributed by atoms with van der Waals surface area (Å²) in [6.45, 7) is 2.16. The van der Waals surface area contributed by atoms with Gasteiger partial charge in [-0.15, -0.1) is 0 Å². The van der Waals surface area contributed by atoms with Gasteiger partial charge in [0.15, 0.2) is 5.82 Å². The molecule has 0 saturated carbocycles. The summed E-state index contributed by atoms with van der Waals surface area (Å²) in [5, 5.41) is 14.7. The van der Waals surface area contributed by atoms with E-state index in [1.165, 1.54) is 10.9 Å². The Hall–Kier alpha value is -3.70. The first kappa shape index (κ1) is 19.6. The number of H-pyrrole nitrogens is 1. The molecule has 1 atom stereocenters. The zero-order chi connectivity index (χ0) is 20.9. The van der Waals surface area contributed by atoms with Crippen LogP contribution in [0.4, 0.5) is 0 Å². The van der Waals surface area contributed by atoms with E-state index in [1.807, 2.05) is 0 Å². The molecular weight excluding hydrogens is 382 g/mol. The third kappa shape index (κ3) is 4.16. The Bertz CT molecular complexity index is 1120. The molecule has 8 nitrogen and oxygen atoms in total. The number of rotatable bonds is 6. The maximum Gasteiger partial charge on any atom is 0.280 e. The lowest BCUT2D eigenvalue weighted by atomic mass is 10.1. The SMILES string of the molecule is N#Cc1ccc(-c2c[nH]n(-c3ccc(C(=O)NCCC4CCOC4)cn3)c2=O)cc1. The van der Waals surface area contributed by atoms with E-state index in [9.17, 15) is 9.59 Å². The minimum atomic E-state index is -0.261. The fourth-order valence-electron chi connectivity index (χ4n) is 3.43. The van der Waals surface area contributed by atoms with Crippen molar-refractivity contribution in [2.24, 2.45) is 5.92 Å². The van der Waals surface area contributed by atoms with Crippen LogP contribution < -0.4 is 10.9 Å². The van der Waals surface area contributed by atoms with Gasteiger partial charge in [-0.3, -0.25) is 14.7 Å². The Balaban J connectivity index is 1.43. The van der Waals surface area contributed by atoms with Crippen molar-refractivity contribution < 1.29 is 9.53 Å². The van der Waals surface area contributed by atoms with Gasteiger partial charge >= 0.3 is 0 Å². The lowest BCUT2D eigenvalue weighted by Gasteiger charge is -2.09. The average molecular weight is 403 g/mol. The monoisotopic (exact) mass is 403 g/mol.